The molecule has 3 nitrogen and oxygen atoms in total. The molecule has 0 aromatic carbocycles. The molecule has 2 aliphatic rings. The van der Waals surface area contributed by atoms with Crippen molar-refractivity contribution in [2.75, 3.05) is 5.73 Å². The molecule has 3 rings (SSSR count). The molecular formula is C13H16F3N3. The Bertz CT molecular complexity index is 565. The Hall–Kier alpha value is -1.33. The summed E-state index contributed by atoms with van der Waals surface area (Å²) in [5, 5.41) is 0. The highest BCUT2D eigenvalue weighted by molar-refractivity contribution is 5.50. The van der Waals surface area contributed by atoms with Crippen LogP contribution in [0.3, 0.4) is 0 Å². The Kier molecular flexibility index (Phi) is 2.15. The molecule has 2 aliphatic carbocycles. The summed E-state index contributed by atoms with van der Waals surface area (Å²) in [4.78, 5) is 7.61. The second-order valence-electron chi connectivity index (χ2n) is 6.33. The Balaban J connectivity index is 2.35. The number of halogens is 3. The summed E-state index contributed by atoms with van der Waals surface area (Å²) in [5.41, 5.74) is 4.66. The lowest BCUT2D eigenvalue weighted by Gasteiger charge is -2.35. The molecule has 19 heavy (non-hydrogen) atoms. The lowest BCUT2D eigenvalue weighted by Crippen LogP contribution is -2.33. The first-order valence-corrected chi connectivity index (χ1v) is 6.34. The molecule has 2 atom stereocenters. The smallest absolute Gasteiger partial charge is 0.368 e. The zero-order valence-electron chi connectivity index (χ0n) is 11.1. The molecule has 0 radical (unpaired) electrons. The van der Waals surface area contributed by atoms with E-state index in [0.29, 0.717) is 5.69 Å². The van der Waals surface area contributed by atoms with Crippen LogP contribution in [-0.2, 0) is 11.6 Å². The predicted molar refractivity (Wildman–Crippen MR) is 64.6 cm³/mol. The normalized spacial score (nSPS) is 31.6. The van der Waals surface area contributed by atoms with Gasteiger partial charge in [0, 0.05) is 16.9 Å². The minimum atomic E-state index is -4.48. The van der Waals surface area contributed by atoms with Crippen molar-refractivity contribution in [2.24, 2.45) is 5.41 Å². The van der Waals surface area contributed by atoms with Crippen LogP contribution in [0.1, 0.15) is 56.5 Å². The van der Waals surface area contributed by atoms with Crippen LogP contribution in [0, 0.1) is 5.41 Å². The molecule has 0 aliphatic heterocycles. The monoisotopic (exact) mass is 271 g/mol. The fourth-order valence-electron chi connectivity index (χ4n) is 3.92. The van der Waals surface area contributed by atoms with Gasteiger partial charge in [0.05, 0.1) is 5.69 Å². The molecule has 1 aromatic rings. The second-order valence-corrected chi connectivity index (χ2v) is 6.33. The number of nitrogens with two attached hydrogens (primary N) is 1. The number of rotatable bonds is 0. The molecule has 1 fully saturated rings. The quantitative estimate of drug-likeness (QED) is 0.788. The van der Waals surface area contributed by atoms with Crippen LogP contribution in [0.15, 0.2) is 0 Å². The SMILES string of the molecule is CC1(C)[C@@H]2CC[C@@]1(C)c1c2nc(N)nc1C(F)(F)F. The highest BCUT2D eigenvalue weighted by Gasteiger charge is 2.63. The first kappa shape index (κ1) is 12.7. The molecule has 2 bridgehead atoms. The lowest BCUT2D eigenvalue weighted by molar-refractivity contribution is -0.142. The first-order chi connectivity index (χ1) is 8.59. The highest BCUT2D eigenvalue weighted by atomic mass is 19.4. The van der Waals surface area contributed by atoms with E-state index in [0.717, 1.165) is 12.8 Å². The van der Waals surface area contributed by atoms with Gasteiger partial charge in [-0.2, -0.15) is 13.2 Å². The molecule has 0 saturated heterocycles. The molecule has 0 unspecified atom stereocenters. The average molecular weight is 271 g/mol. The topological polar surface area (TPSA) is 51.8 Å². The maximum Gasteiger partial charge on any atom is 0.433 e. The first-order valence-electron chi connectivity index (χ1n) is 6.34. The molecule has 2 N–H and O–H groups in total. The van der Waals surface area contributed by atoms with Gasteiger partial charge in [-0.3, -0.25) is 0 Å². The third-order valence-corrected chi connectivity index (χ3v) is 5.33. The number of hydrogen-bond acceptors (Lipinski definition) is 3. The largest absolute Gasteiger partial charge is 0.433 e. The van der Waals surface area contributed by atoms with Crippen LogP contribution < -0.4 is 5.73 Å². The van der Waals surface area contributed by atoms with Crippen molar-refractivity contribution < 1.29 is 13.2 Å². The van der Waals surface area contributed by atoms with Gasteiger partial charge in [-0.25, -0.2) is 9.97 Å². The minimum absolute atomic E-state index is 0.0406. The van der Waals surface area contributed by atoms with E-state index in [1.807, 2.05) is 20.8 Å². The van der Waals surface area contributed by atoms with E-state index < -0.39 is 17.3 Å². The molecule has 1 aromatic heterocycles. The van der Waals surface area contributed by atoms with E-state index in [1.54, 1.807) is 0 Å². The van der Waals surface area contributed by atoms with Gasteiger partial charge in [0.25, 0.3) is 0 Å². The van der Waals surface area contributed by atoms with Crippen molar-refractivity contribution in [3.8, 4) is 0 Å². The van der Waals surface area contributed by atoms with Crippen molar-refractivity contribution in [3.63, 3.8) is 0 Å². The van der Waals surface area contributed by atoms with Crippen LogP contribution in [0.5, 0.6) is 0 Å². The van der Waals surface area contributed by atoms with E-state index in [1.165, 1.54) is 0 Å². The van der Waals surface area contributed by atoms with Gasteiger partial charge in [0.1, 0.15) is 0 Å². The number of fused-ring (bicyclic) bond motifs is 5. The molecular weight excluding hydrogens is 255 g/mol. The van der Waals surface area contributed by atoms with Gasteiger partial charge < -0.3 is 5.73 Å². The second kappa shape index (κ2) is 3.22. The molecule has 1 heterocycles. The van der Waals surface area contributed by atoms with Crippen LogP contribution in [0.25, 0.3) is 0 Å². The number of nitrogens with zero attached hydrogens (tertiary/aromatic N) is 2. The fourth-order valence-corrected chi connectivity index (χ4v) is 3.92. The number of anilines is 1. The third kappa shape index (κ3) is 1.34. The Morgan fingerprint density at radius 1 is 1.21 bits per heavy atom. The van der Waals surface area contributed by atoms with Crippen LogP contribution in [0.4, 0.5) is 19.1 Å². The van der Waals surface area contributed by atoms with Crippen molar-refractivity contribution in [2.45, 2.75) is 51.1 Å². The van der Waals surface area contributed by atoms with E-state index in [9.17, 15) is 13.2 Å². The third-order valence-electron chi connectivity index (χ3n) is 5.33. The molecule has 6 heteroatoms. The number of hydrogen-bond donors (Lipinski definition) is 1. The Morgan fingerprint density at radius 3 is 2.42 bits per heavy atom. The zero-order valence-corrected chi connectivity index (χ0v) is 11.1. The summed E-state index contributed by atoms with van der Waals surface area (Å²) in [5.74, 6) is -0.239. The number of nitrogen functional groups attached to an aromatic ring is 1. The number of aromatic nitrogens is 2. The van der Waals surface area contributed by atoms with E-state index in [4.69, 9.17) is 5.73 Å². The summed E-state index contributed by atoms with van der Waals surface area (Å²) >= 11 is 0. The molecule has 0 spiro atoms. The fraction of sp³-hybridized carbons (Fsp3) is 0.692. The van der Waals surface area contributed by atoms with Crippen molar-refractivity contribution >= 4 is 5.95 Å². The van der Waals surface area contributed by atoms with Gasteiger partial charge in [0.2, 0.25) is 5.95 Å². The summed E-state index contributed by atoms with van der Waals surface area (Å²) in [6, 6.07) is 0. The minimum Gasteiger partial charge on any atom is -0.368 e. The lowest BCUT2D eigenvalue weighted by atomic mass is 9.68. The van der Waals surface area contributed by atoms with Crippen LogP contribution >= 0.6 is 0 Å². The zero-order chi connectivity index (χ0) is 14.2. The van der Waals surface area contributed by atoms with E-state index in [2.05, 4.69) is 9.97 Å². The molecule has 1 saturated carbocycles. The van der Waals surface area contributed by atoms with Gasteiger partial charge >= 0.3 is 6.18 Å². The van der Waals surface area contributed by atoms with Gasteiger partial charge in [-0.15, -0.1) is 0 Å². The van der Waals surface area contributed by atoms with Gasteiger partial charge in [0.15, 0.2) is 5.69 Å². The maximum absolute atomic E-state index is 13.2. The summed E-state index contributed by atoms with van der Waals surface area (Å²) < 4.78 is 39.7. The number of alkyl halides is 3. The van der Waals surface area contributed by atoms with Crippen molar-refractivity contribution in [1.82, 2.24) is 9.97 Å². The Labute approximate surface area is 109 Å². The Morgan fingerprint density at radius 2 is 1.84 bits per heavy atom. The van der Waals surface area contributed by atoms with Crippen molar-refractivity contribution in [3.05, 3.63) is 17.0 Å². The van der Waals surface area contributed by atoms with Gasteiger partial charge in [-0.1, -0.05) is 20.8 Å². The van der Waals surface area contributed by atoms with E-state index in [-0.39, 0.29) is 22.8 Å². The van der Waals surface area contributed by atoms with Crippen LogP contribution in [0.2, 0.25) is 0 Å². The highest BCUT2D eigenvalue weighted by Crippen LogP contribution is 2.68. The summed E-state index contributed by atoms with van der Waals surface area (Å²) in [6.45, 7) is 5.93. The maximum atomic E-state index is 13.2. The van der Waals surface area contributed by atoms with Crippen LogP contribution in [-0.4, -0.2) is 9.97 Å². The summed E-state index contributed by atoms with van der Waals surface area (Å²) in [6.07, 6.45) is -2.87. The average Bonchev–Trinajstić information content (AvgIpc) is 2.56. The molecule has 0 amide bonds. The van der Waals surface area contributed by atoms with E-state index >= 15 is 0 Å². The predicted octanol–water partition coefficient (Wildman–Crippen LogP) is 3.25. The standard InChI is InChI=1S/C13H16F3N3/c1-11(2)6-4-5-12(11,3)7-8(6)18-10(17)19-9(7)13(14,15)16/h6H,4-5H2,1-3H3,(H2,17,18,19)/t6-,12+/m1/s1. The van der Waals surface area contributed by atoms with Gasteiger partial charge in [-0.05, 0) is 18.3 Å². The summed E-state index contributed by atoms with van der Waals surface area (Å²) in [7, 11) is 0. The van der Waals surface area contributed by atoms with Crippen molar-refractivity contribution in [1.29, 1.82) is 0 Å². The molecule has 104 valence electrons.